The smallest absolute Gasteiger partial charge is 0.422 e. The Kier molecular flexibility index (Phi) is 4.81. The summed E-state index contributed by atoms with van der Waals surface area (Å²) in [5.74, 6) is 0.219. The van der Waals surface area contributed by atoms with Crippen LogP contribution in [0.15, 0.2) is 24.3 Å². The molecule has 0 saturated heterocycles. The van der Waals surface area contributed by atoms with E-state index in [0.717, 1.165) is 18.4 Å². The first kappa shape index (κ1) is 13.8. The van der Waals surface area contributed by atoms with Crippen LogP contribution < -0.4 is 10.5 Å². The van der Waals surface area contributed by atoms with E-state index >= 15 is 0 Å². The van der Waals surface area contributed by atoms with Crippen molar-refractivity contribution >= 4 is 0 Å². The maximum absolute atomic E-state index is 11.9. The van der Waals surface area contributed by atoms with Crippen molar-refractivity contribution in [1.82, 2.24) is 0 Å². The number of alkyl halides is 3. The van der Waals surface area contributed by atoms with E-state index in [1.165, 1.54) is 12.1 Å². The molecule has 0 aliphatic heterocycles. The first-order valence-electron chi connectivity index (χ1n) is 5.45. The Bertz CT molecular complexity index is 335. The molecule has 0 amide bonds. The summed E-state index contributed by atoms with van der Waals surface area (Å²) < 4.78 is 40.3. The van der Waals surface area contributed by atoms with E-state index in [2.05, 4.69) is 4.74 Å². The van der Waals surface area contributed by atoms with E-state index < -0.39 is 12.8 Å². The highest BCUT2D eigenvalue weighted by atomic mass is 19.4. The molecule has 0 aliphatic carbocycles. The van der Waals surface area contributed by atoms with Gasteiger partial charge in [-0.25, -0.2) is 0 Å². The molecule has 1 unspecified atom stereocenters. The largest absolute Gasteiger partial charge is 0.484 e. The predicted molar refractivity (Wildman–Crippen MR) is 60.0 cm³/mol. The summed E-state index contributed by atoms with van der Waals surface area (Å²) in [7, 11) is 0. The highest BCUT2D eigenvalue weighted by Crippen LogP contribution is 2.19. The van der Waals surface area contributed by atoms with Gasteiger partial charge in [0.15, 0.2) is 6.61 Å². The number of halogens is 3. The van der Waals surface area contributed by atoms with Crippen molar-refractivity contribution in [2.45, 2.75) is 32.0 Å². The van der Waals surface area contributed by atoms with Gasteiger partial charge in [-0.05, 0) is 30.5 Å². The lowest BCUT2D eigenvalue weighted by Crippen LogP contribution is -2.21. The topological polar surface area (TPSA) is 35.2 Å². The monoisotopic (exact) mass is 247 g/mol. The Morgan fingerprint density at radius 1 is 1.24 bits per heavy atom. The Morgan fingerprint density at radius 2 is 1.82 bits per heavy atom. The second-order valence-corrected chi connectivity index (χ2v) is 3.92. The van der Waals surface area contributed by atoms with Gasteiger partial charge < -0.3 is 10.5 Å². The maximum atomic E-state index is 11.9. The maximum Gasteiger partial charge on any atom is 0.422 e. The third-order valence-corrected chi connectivity index (χ3v) is 2.35. The molecule has 0 fully saturated rings. The number of hydrogen-bond donors (Lipinski definition) is 1. The molecule has 2 N–H and O–H groups in total. The molecule has 96 valence electrons. The average molecular weight is 247 g/mol. The van der Waals surface area contributed by atoms with Crippen LogP contribution in [0.3, 0.4) is 0 Å². The van der Waals surface area contributed by atoms with E-state index in [1.807, 2.05) is 6.92 Å². The van der Waals surface area contributed by atoms with Crippen LogP contribution in [-0.4, -0.2) is 18.8 Å². The molecule has 1 aromatic rings. The molecule has 2 nitrogen and oxygen atoms in total. The predicted octanol–water partition coefficient (Wildman–Crippen LogP) is 2.91. The Balaban J connectivity index is 2.50. The van der Waals surface area contributed by atoms with Crippen molar-refractivity contribution in [2.24, 2.45) is 5.73 Å². The quantitative estimate of drug-likeness (QED) is 0.868. The Hall–Kier alpha value is -1.23. The number of ether oxygens (including phenoxy) is 1. The van der Waals surface area contributed by atoms with Gasteiger partial charge in [0.25, 0.3) is 0 Å². The summed E-state index contributed by atoms with van der Waals surface area (Å²) in [4.78, 5) is 0. The van der Waals surface area contributed by atoms with Crippen molar-refractivity contribution in [3.05, 3.63) is 29.8 Å². The third-order valence-electron chi connectivity index (χ3n) is 2.35. The Morgan fingerprint density at radius 3 is 2.29 bits per heavy atom. The number of benzene rings is 1. The lowest BCUT2D eigenvalue weighted by atomic mass is 10.0. The first-order chi connectivity index (χ1) is 7.90. The van der Waals surface area contributed by atoms with Gasteiger partial charge in [-0.15, -0.1) is 0 Å². The number of rotatable bonds is 5. The molecule has 0 heterocycles. The first-order valence-corrected chi connectivity index (χ1v) is 5.45. The van der Waals surface area contributed by atoms with Gasteiger partial charge >= 0.3 is 6.18 Å². The molecule has 5 heteroatoms. The molecule has 0 spiro atoms. The zero-order valence-electron chi connectivity index (χ0n) is 9.63. The van der Waals surface area contributed by atoms with Gasteiger partial charge in [0.2, 0.25) is 0 Å². The van der Waals surface area contributed by atoms with Crippen molar-refractivity contribution in [3.8, 4) is 5.75 Å². The minimum atomic E-state index is -4.30. The summed E-state index contributed by atoms with van der Waals surface area (Å²) in [5, 5.41) is 0. The lowest BCUT2D eigenvalue weighted by molar-refractivity contribution is -0.153. The van der Waals surface area contributed by atoms with Crippen LogP contribution >= 0.6 is 0 Å². The van der Waals surface area contributed by atoms with Crippen LogP contribution in [0.25, 0.3) is 0 Å². The van der Waals surface area contributed by atoms with E-state index in [0.29, 0.717) is 0 Å². The summed E-state index contributed by atoms with van der Waals surface area (Å²) in [6.07, 6.45) is -2.72. The van der Waals surface area contributed by atoms with E-state index in [4.69, 9.17) is 5.73 Å². The minimum absolute atomic E-state index is 0.0805. The van der Waals surface area contributed by atoms with Gasteiger partial charge in [0.1, 0.15) is 5.75 Å². The fourth-order valence-corrected chi connectivity index (χ4v) is 1.33. The summed E-state index contributed by atoms with van der Waals surface area (Å²) in [6, 6.07) is 6.62. The zero-order valence-corrected chi connectivity index (χ0v) is 9.63. The van der Waals surface area contributed by atoms with Gasteiger partial charge in [-0.3, -0.25) is 0 Å². The zero-order chi connectivity index (χ0) is 12.9. The highest BCUT2D eigenvalue weighted by molar-refractivity contribution is 5.27. The molecular formula is C12H16F3NO. The summed E-state index contributed by atoms with van der Waals surface area (Å²) in [6.45, 7) is 0.728. The summed E-state index contributed by atoms with van der Waals surface area (Å²) in [5.41, 5.74) is 6.78. The fourth-order valence-electron chi connectivity index (χ4n) is 1.33. The molecule has 0 aliphatic rings. The third kappa shape index (κ3) is 5.58. The molecular weight excluding hydrogens is 231 g/mol. The van der Waals surface area contributed by atoms with Crippen molar-refractivity contribution in [2.75, 3.05) is 6.61 Å². The van der Waals surface area contributed by atoms with Crippen molar-refractivity contribution in [3.63, 3.8) is 0 Å². The molecule has 0 saturated carbocycles. The van der Waals surface area contributed by atoms with Crippen molar-refractivity contribution < 1.29 is 17.9 Å². The molecule has 0 aromatic heterocycles. The van der Waals surface area contributed by atoms with Crippen LogP contribution in [0.2, 0.25) is 0 Å². The van der Waals surface area contributed by atoms with E-state index in [-0.39, 0.29) is 11.8 Å². The average Bonchev–Trinajstić information content (AvgIpc) is 2.27. The fraction of sp³-hybridized carbons (Fsp3) is 0.500. The Labute approximate surface area is 98.6 Å². The van der Waals surface area contributed by atoms with Crippen molar-refractivity contribution in [1.29, 1.82) is 0 Å². The molecule has 0 bridgehead atoms. The molecule has 1 rings (SSSR count). The van der Waals surface area contributed by atoms with E-state index in [9.17, 15) is 13.2 Å². The SMILES string of the molecule is CCC(N)Cc1ccc(OCC(F)(F)F)cc1. The molecule has 1 aromatic carbocycles. The van der Waals surface area contributed by atoms with Gasteiger partial charge in [0, 0.05) is 6.04 Å². The van der Waals surface area contributed by atoms with Crippen LogP contribution in [0.1, 0.15) is 18.9 Å². The summed E-state index contributed by atoms with van der Waals surface area (Å²) >= 11 is 0. The highest BCUT2D eigenvalue weighted by Gasteiger charge is 2.28. The number of nitrogens with two attached hydrogens (primary N) is 1. The van der Waals surface area contributed by atoms with E-state index in [1.54, 1.807) is 12.1 Å². The van der Waals surface area contributed by atoms with Gasteiger partial charge in [-0.1, -0.05) is 19.1 Å². The minimum Gasteiger partial charge on any atom is -0.484 e. The molecule has 0 radical (unpaired) electrons. The van der Waals surface area contributed by atoms with Crippen LogP contribution in [0, 0.1) is 0 Å². The normalized spacial score (nSPS) is 13.5. The second-order valence-electron chi connectivity index (χ2n) is 3.92. The second kappa shape index (κ2) is 5.91. The standard InChI is InChI=1S/C12H16F3NO/c1-2-10(16)7-9-3-5-11(6-4-9)17-8-12(13,14)15/h3-6,10H,2,7-8,16H2,1H3. The van der Waals surface area contributed by atoms with Crippen LogP contribution in [0.5, 0.6) is 5.75 Å². The lowest BCUT2D eigenvalue weighted by Gasteiger charge is -2.11. The molecule has 1 atom stereocenters. The van der Waals surface area contributed by atoms with Gasteiger partial charge in [-0.2, -0.15) is 13.2 Å². The molecule has 17 heavy (non-hydrogen) atoms. The van der Waals surface area contributed by atoms with Gasteiger partial charge in [0.05, 0.1) is 0 Å². The van der Waals surface area contributed by atoms with Crippen LogP contribution in [0.4, 0.5) is 13.2 Å². The number of hydrogen-bond acceptors (Lipinski definition) is 2. The van der Waals surface area contributed by atoms with Crippen LogP contribution in [-0.2, 0) is 6.42 Å².